The fourth-order valence-corrected chi connectivity index (χ4v) is 3.51. The lowest BCUT2D eigenvalue weighted by atomic mass is 9.94. The molecule has 1 atom stereocenters. The Bertz CT molecular complexity index is 745. The van der Waals surface area contributed by atoms with E-state index in [2.05, 4.69) is 53.9 Å². The monoisotopic (exact) mass is 375 g/mol. The number of halogens is 1. The van der Waals surface area contributed by atoms with Crippen LogP contribution in [0.15, 0.2) is 34.8 Å². The van der Waals surface area contributed by atoms with Crippen molar-refractivity contribution >= 4 is 21.8 Å². The minimum atomic E-state index is -0.124. The Balaban J connectivity index is 1.84. The molecular formula is C18H22BrN3O. The maximum atomic E-state index is 12.8. The maximum absolute atomic E-state index is 12.8. The highest BCUT2D eigenvalue weighted by Crippen LogP contribution is 2.35. The van der Waals surface area contributed by atoms with Gasteiger partial charge in [-0.25, -0.2) is 0 Å². The van der Waals surface area contributed by atoms with E-state index >= 15 is 0 Å². The maximum Gasteiger partial charge on any atom is 0.274 e. The first-order chi connectivity index (χ1) is 10.8. The molecule has 122 valence electrons. The number of rotatable bonds is 2. The molecule has 0 unspecified atom stereocenters. The van der Waals surface area contributed by atoms with E-state index in [1.165, 1.54) is 5.56 Å². The Morgan fingerprint density at radius 1 is 1.30 bits per heavy atom. The third-order valence-corrected chi connectivity index (χ3v) is 4.75. The van der Waals surface area contributed by atoms with Crippen LogP contribution in [0.1, 0.15) is 55.0 Å². The summed E-state index contributed by atoms with van der Waals surface area (Å²) in [6.07, 6.45) is 1.00. The molecule has 1 amide bonds. The fourth-order valence-electron chi connectivity index (χ4n) is 3.10. The highest BCUT2D eigenvalue weighted by Gasteiger charge is 2.35. The second-order valence-electron chi connectivity index (χ2n) is 7.11. The van der Waals surface area contributed by atoms with Crippen molar-refractivity contribution in [2.45, 2.75) is 45.7 Å². The minimum absolute atomic E-state index is 0.0207. The first kappa shape index (κ1) is 16.2. The van der Waals surface area contributed by atoms with Gasteiger partial charge < -0.3 is 4.90 Å². The van der Waals surface area contributed by atoms with E-state index in [4.69, 9.17) is 0 Å². The van der Waals surface area contributed by atoms with E-state index in [0.717, 1.165) is 23.1 Å². The van der Waals surface area contributed by atoms with Crippen LogP contribution < -0.4 is 0 Å². The molecule has 1 saturated heterocycles. The van der Waals surface area contributed by atoms with Crippen molar-refractivity contribution in [3.8, 4) is 0 Å². The molecule has 0 saturated carbocycles. The van der Waals surface area contributed by atoms with Gasteiger partial charge in [0.05, 0.1) is 11.6 Å². The number of likely N-dealkylation sites (tertiary alicyclic amines) is 1. The van der Waals surface area contributed by atoms with Crippen LogP contribution >= 0.6 is 15.9 Å². The van der Waals surface area contributed by atoms with Gasteiger partial charge in [0, 0.05) is 16.7 Å². The number of carbonyl (C=O) groups excluding carboxylic acids is 1. The third-order valence-electron chi connectivity index (χ3n) is 4.26. The molecule has 0 aliphatic carbocycles. The summed E-state index contributed by atoms with van der Waals surface area (Å²) in [4.78, 5) is 14.7. The molecule has 0 spiro atoms. The zero-order valence-corrected chi connectivity index (χ0v) is 15.6. The van der Waals surface area contributed by atoms with Crippen molar-refractivity contribution < 1.29 is 4.79 Å². The number of hydrogen-bond acceptors (Lipinski definition) is 2. The topological polar surface area (TPSA) is 38.1 Å². The number of hydrogen-bond donors (Lipinski definition) is 0. The molecule has 2 heterocycles. The summed E-state index contributed by atoms with van der Waals surface area (Å²) in [6.45, 7) is 9.06. The van der Waals surface area contributed by atoms with Gasteiger partial charge in [0.2, 0.25) is 0 Å². The molecule has 4 nitrogen and oxygen atoms in total. The fraction of sp³-hybridized carbons (Fsp3) is 0.444. The van der Waals surface area contributed by atoms with Gasteiger partial charge in [0.25, 0.3) is 5.91 Å². The molecule has 1 aliphatic rings. The van der Waals surface area contributed by atoms with Crippen molar-refractivity contribution in [1.29, 1.82) is 0 Å². The largest absolute Gasteiger partial charge is 0.330 e. The van der Waals surface area contributed by atoms with Gasteiger partial charge in [0.15, 0.2) is 5.69 Å². The lowest BCUT2D eigenvalue weighted by Crippen LogP contribution is -2.45. The van der Waals surface area contributed by atoms with Gasteiger partial charge in [0.1, 0.15) is 0 Å². The van der Waals surface area contributed by atoms with E-state index in [-0.39, 0.29) is 17.5 Å². The van der Waals surface area contributed by atoms with Crippen LogP contribution in [0.5, 0.6) is 0 Å². The van der Waals surface area contributed by atoms with Crippen LogP contribution in [-0.4, -0.2) is 27.1 Å². The molecule has 1 aromatic heterocycles. The van der Waals surface area contributed by atoms with E-state index in [1.54, 1.807) is 0 Å². The van der Waals surface area contributed by atoms with E-state index in [0.29, 0.717) is 5.69 Å². The zero-order valence-electron chi connectivity index (χ0n) is 14.0. The predicted octanol–water partition coefficient (Wildman–Crippen LogP) is 4.30. The van der Waals surface area contributed by atoms with Gasteiger partial charge in [-0.05, 0) is 57.9 Å². The van der Waals surface area contributed by atoms with E-state index in [9.17, 15) is 4.79 Å². The quantitative estimate of drug-likeness (QED) is 0.784. The van der Waals surface area contributed by atoms with Crippen molar-refractivity contribution in [3.63, 3.8) is 0 Å². The molecule has 0 radical (unpaired) electrons. The Hall–Kier alpha value is -1.62. The second kappa shape index (κ2) is 5.78. The van der Waals surface area contributed by atoms with Crippen LogP contribution in [0.25, 0.3) is 0 Å². The Kier molecular flexibility index (Phi) is 4.08. The van der Waals surface area contributed by atoms with Gasteiger partial charge in [-0.1, -0.05) is 28.1 Å². The van der Waals surface area contributed by atoms with E-state index < -0.39 is 0 Å². The SMILES string of the molecule is Cc1cc(C(=O)N2CC[C@@H]2c2cccc(Br)c2)nn1C(C)(C)C. The van der Waals surface area contributed by atoms with Crippen molar-refractivity contribution in [2.75, 3.05) is 6.54 Å². The standard InChI is InChI=1S/C18H22BrN3O/c1-12-10-15(20-22(12)18(2,3)4)17(23)21-9-8-16(21)13-6-5-7-14(19)11-13/h5-7,10-11,16H,8-9H2,1-4H3/t16-/m1/s1. The Morgan fingerprint density at radius 3 is 2.57 bits per heavy atom. The van der Waals surface area contributed by atoms with E-state index in [1.807, 2.05) is 34.7 Å². The third kappa shape index (κ3) is 3.07. The number of benzene rings is 1. The van der Waals surface area contributed by atoms with Gasteiger partial charge in [-0.15, -0.1) is 0 Å². The average molecular weight is 376 g/mol. The van der Waals surface area contributed by atoms with Gasteiger partial charge >= 0.3 is 0 Å². The number of aromatic nitrogens is 2. The average Bonchev–Trinajstić information content (AvgIpc) is 2.79. The molecule has 23 heavy (non-hydrogen) atoms. The summed E-state index contributed by atoms with van der Waals surface area (Å²) in [5, 5.41) is 4.55. The molecule has 5 heteroatoms. The lowest BCUT2D eigenvalue weighted by Gasteiger charge is -2.41. The molecule has 2 aromatic rings. The molecule has 0 N–H and O–H groups in total. The summed E-state index contributed by atoms with van der Waals surface area (Å²) in [7, 11) is 0. The smallest absolute Gasteiger partial charge is 0.274 e. The second-order valence-corrected chi connectivity index (χ2v) is 8.03. The summed E-state index contributed by atoms with van der Waals surface area (Å²) in [6, 6.07) is 10.2. The van der Waals surface area contributed by atoms with Crippen molar-refractivity contribution in [1.82, 2.24) is 14.7 Å². The summed E-state index contributed by atoms with van der Waals surface area (Å²) in [5.41, 5.74) is 2.60. The van der Waals surface area contributed by atoms with Crippen molar-refractivity contribution in [3.05, 3.63) is 51.8 Å². The van der Waals surface area contributed by atoms with Crippen molar-refractivity contribution in [2.24, 2.45) is 0 Å². The molecule has 1 aromatic carbocycles. The van der Waals surface area contributed by atoms with Crippen LogP contribution in [0, 0.1) is 6.92 Å². The normalized spacial score (nSPS) is 18.0. The van der Waals surface area contributed by atoms with Crippen LogP contribution in [-0.2, 0) is 5.54 Å². The summed E-state index contributed by atoms with van der Waals surface area (Å²) in [5.74, 6) is 0.0207. The number of nitrogens with zero attached hydrogens (tertiary/aromatic N) is 3. The summed E-state index contributed by atoms with van der Waals surface area (Å²) >= 11 is 3.50. The highest BCUT2D eigenvalue weighted by molar-refractivity contribution is 9.10. The van der Waals surface area contributed by atoms with Crippen LogP contribution in [0.3, 0.4) is 0 Å². The van der Waals surface area contributed by atoms with Crippen LogP contribution in [0.2, 0.25) is 0 Å². The molecule has 1 aliphatic heterocycles. The zero-order chi connectivity index (χ0) is 16.8. The molecule has 3 rings (SSSR count). The molecule has 1 fully saturated rings. The van der Waals surface area contributed by atoms with Crippen LogP contribution in [0.4, 0.5) is 0 Å². The number of aryl methyl sites for hydroxylation is 1. The Morgan fingerprint density at radius 2 is 2.04 bits per heavy atom. The number of carbonyl (C=O) groups is 1. The molecular weight excluding hydrogens is 354 g/mol. The lowest BCUT2D eigenvalue weighted by molar-refractivity contribution is 0.0452. The van der Waals surface area contributed by atoms with Gasteiger partial charge in [-0.2, -0.15) is 5.10 Å². The molecule has 0 bridgehead atoms. The first-order valence-electron chi connectivity index (χ1n) is 7.91. The predicted molar refractivity (Wildman–Crippen MR) is 94.5 cm³/mol. The number of amides is 1. The summed E-state index contributed by atoms with van der Waals surface area (Å²) < 4.78 is 2.97. The highest BCUT2D eigenvalue weighted by atomic mass is 79.9. The Labute approximate surface area is 145 Å². The first-order valence-corrected chi connectivity index (χ1v) is 8.70. The van der Waals surface area contributed by atoms with Gasteiger partial charge in [-0.3, -0.25) is 9.48 Å². The minimum Gasteiger partial charge on any atom is -0.330 e.